The molecule has 0 saturated carbocycles. The van der Waals surface area contributed by atoms with Gasteiger partial charge in [-0.2, -0.15) is 0 Å². The third kappa shape index (κ3) is 2.78. The Morgan fingerprint density at radius 2 is 1.75 bits per heavy atom. The highest BCUT2D eigenvalue weighted by atomic mass is 16.5. The number of aliphatic hydroxyl groups excluding tert-OH is 1. The summed E-state index contributed by atoms with van der Waals surface area (Å²) in [6, 6.07) is 19.4. The molecule has 0 fully saturated rings. The van der Waals surface area contributed by atoms with Crippen LogP contribution >= 0.6 is 0 Å². The topological polar surface area (TPSA) is 42.4 Å². The largest absolute Gasteiger partial charge is 0.490 e. The van der Waals surface area contributed by atoms with Gasteiger partial charge >= 0.3 is 0 Å². The van der Waals surface area contributed by atoms with Crippen LogP contribution < -0.4 is 4.74 Å². The zero-order valence-electron chi connectivity index (χ0n) is 10.9. The predicted octanol–water partition coefficient (Wildman–Crippen LogP) is 3.35. The maximum atomic E-state index is 10.0. The van der Waals surface area contributed by atoms with Gasteiger partial charge in [0.1, 0.15) is 18.5 Å². The van der Waals surface area contributed by atoms with E-state index < -0.39 is 6.10 Å². The van der Waals surface area contributed by atoms with Crippen LogP contribution in [0.2, 0.25) is 0 Å². The van der Waals surface area contributed by atoms with Gasteiger partial charge in [-0.1, -0.05) is 36.4 Å². The number of hydrogen-bond donors (Lipinski definition) is 1. The minimum Gasteiger partial charge on any atom is -0.490 e. The molecule has 3 heteroatoms. The van der Waals surface area contributed by atoms with E-state index in [0.29, 0.717) is 5.69 Å². The van der Waals surface area contributed by atoms with Crippen LogP contribution in [0, 0.1) is 0 Å². The van der Waals surface area contributed by atoms with Crippen molar-refractivity contribution in [1.82, 2.24) is 4.98 Å². The predicted molar refractivity (Wildman–Crippen MR) is 78.6 cm³/mol. The minimum atomic E-state index is -0.720. The molecule has 3 rings (SSSR count). The lowest BCUT2D eigenvalue weighted by Crippen LogP contribution is -2.10. The summed E-state index contributed by atoms with van der Waals surface area (Å²) in [6.45, 7) is 0.190. The van der Waals surface area contributed by atoms with Crippen LogP contribution in [0.15, 0.2) is 66.9 Å². The summed E-state index contributed by atoms with van der Waals surface area (Å²) < 4.78 is 5.64. The first-order valence-electron chi connectivity index (χ1n) is 6.53. The number of rotatable bonds is 4. The second-order valence-corrected chi connectivity index (χ2v) is 4.59. The molecule has 3 nitrogen and oxygen atoms in total. The number of pyridine rings is 1. The van der Waals surface area contributed by atoms with Crippen molar-refractivity contribution in [2.75, 3.05) is 6.61 Å². The van der Waals surface area contributed by atoms with Crippen molar-refractivity contribution >= 4 is 10.8 Å². The Hall–Kier alpha value is -2.39. The van der Waals surface area contributed by atoms with Gasteiger partial charge in [-0.15, -0.1) is 0 Å². The molecule has 100 valence electrons. The standard InChI is InChI=1S/C17H15NO2/c19-17(16-7-3-4-10-18-16)12-20-15-9-8-13-5-1-2-6-14(13)11-15/h1-11,17,19H,12H2. The van der Waals surface area contributed by atoms with E-state index in [2.05, 4.69) is 11.1 Å². The molecule has 0 saturated heterocycles. The van der Waals surface area contributed by atoms with Crippen molar-refractivity contribution in [3.8, 4) is 5.75 Å². The normalized spacial score (nSPS) is 12.2. The maximum absolute atomic E-state index is 10.0. The van der Waals surface area contributed by atoms with Crippen molar-refractivity contribution < 1.29 is 9.84 Å². The Bertz CT molecular complexity index is 697. The molecule has 2 aromatic carbocycles. The molecule has 3 aromatic rings. The van der Waals surface area contributed by atoms with Crippen molar-refractivity contribution in [2.24, 2.45) is 0 Å². The monoisotopic (exact) mass is 265 g/mol. The molecule has 20 heavy (non-hydrogen) atoms. The summed E-state index contributed by atoms with van der Waals surface area (Å²) >= 11 is 0. The van der Waals surface area contributed by atoms with Gasteiger partial charge in [0.15, 0.2) is 0 Å². The van der Waals surface area contributed by atoms with Gasteiger partial charge in [0.25, 0.3) is 0 Å². The van der Waals surface area contributed by atoms with Gasteiger partial charge in [-0.3, -0.25) is 4.98 Å². The number of nitrogens with zero attached hydrogens (tertiary/aromatic N) is 1. The third-order valence-electron chi connectivity index (χ3n) is 3.16. The van der Waals surface area contributed by atoms with E-state index in [1.54, 1.807) is 12.3 Å². The van der Waals surface area contributed by atoms with Gasteiger partial charge in [-0.25, -0.2) is 0 Å². The summed E-state index contributed by atoms with van der Waals surface area (Å²) in [5.41, 5.74) is 0.619. The van der Waals surface area contributed by atoms with Crippen LogP contribution in [-0.4, -0.2) is 16.7 Å². The number of aliphatic hydroxyl groups is 1. The SMILES string of the molecule is OC(COc1ccc2ccccc2c1)c1ccccn1. The number of benzene rings is 2. The van der Waals surface area contributed by atoms with Gasteiger partial charge < -0.3 is 9.84 Å². The van der Waals surface area contributed by atoms with Crippen molar-refractivity contribution in [3.63, 3.8) is 0 Å². The molecule has 0 aliphatic carbocycles. The number of fused-ring (bicyclic) bond motifs is 1. The second-order valence-electron chi connectivity index (χ2n) is 4.59. The highest BCUT2D eigenvalue weighted by Gasteiger charge is 2.09. The molecular formula is C17H15NO2. The van der Waals surface area contributed by atoms with Crippen LogP contribution in [0.3, 0.4) is 0 Å². The fraction of sp³-hybridized carbons (Fsp3) is 0.118. The molecule has 1 atom stereocenters. The fourth-order valence-electron chi connectivity index (χ4n) is 2.09. The zero-order chi connectivity index (χ0) is 13.8. The highest BCUT2D eigenvalue weighted by molar-refractivity contribution is 5.83. The van der Waals surface area contributed by atoms with Crippen LogP contribution in [0.4, 0.5) is 0 Å². The first-order valence-corrected chi connectivity index (χ1v) is 6.53. The van der Waals surface area contributed by atoms with E-state index in [1.165, 1.54) is 5.39 Å². The molecule has 1 N–H and O–H groups in total. The van der Waals surface area contributed by atoms with E-state index >= 15 is 0 Å². The zero-order valence-corrected chi connectivity index (χ0v) is 10.9. The number of ether oxygens (including phenoxy) is 1. The summed E-state index contributed by atoms with van der Waals surface area (Å²) in [5, 5.41) is 12.3. The molecule has 0 bridgehead atoms. The van der Waals surface area contributed by atoms with Crippen molar-refractivity contribution in [1.29, 1.82) is 0 Å². The van der Waals surface area contributed by atoms with Crippen molar-refractivity contribution in [3.05, 3.63) is 72.6 Å². The van der Waals surface area contributed by atoms with Gasteiger partial charge in [-0.05, 0) is 35.0 Å². The lowest BCUT2D eigenvalue weighted by molar-refractivity contribution is 0.105. The van der Waals surface area contributed by atoms with E-state index in [9.17, 15) is 5.11 Å². The summed E-state index contributed by atoms with van der Waals surface area (Å²) in [4.78, 5) is 4.11. The van der Waals surface area contributed by atoms with Crippen LogP contribution in [-0.2, 0) is 0 Å². The molecule has 1 unspecified atom stereocenters. The Morgan fingerprint density at radius 3 is 2.55 bits per heavy atom. The molecule has 0 aliphatic heterocycles. The van der Waals surface area contributed by atoms with Crippen molar-refractivity contribution in [2.45, 2.75) is 6.10 Å². The molecule has 0 amide bonds. The average molecular weight is 265 g/mol. The second kappa shape index (κ2) is 5.72. The summed E-state index contributed by atoms with van der Waals surface area (Å²) in [5.74, 6) is 0.749. The van der Waals surface area contributed by atoms with E-state index in [-0.39, 0.29) is 6.61 Å². The lowest BCUT2D eigenvalue weighted by Gasteiger charge is -2.12. The Kier molecular flexibility index (Phi) is 3.61. The Labute approximate surface area is 117 Å². The highest BCUT2D eigenvalue weighted by Crippen LogP contribution is 2.21. The molecule has 0 spiro atoms. The summed E-state index contributed by atoms with van der Waals surface area (Å²) in [7, 11) is 0. The van der Waals surface area contributed by atoms with Gasteiger partial charge in [0.05, 0.1) is 5.69 Å². The minimum absolute atomic E-state index is 0.190. The summed E-state index contributed by atoms with van der Waals surface area (Å²) in [6.07, 6.45) is 0.942. The molecule has 1 aromatic heterocycles. The van der Waals surface area contributed by atoms with Gasteiger partial charge in [0, 0.05) is 6.20 Å². The number of hydrogen-bond acceptors (Lipinski definition) is 3. The molecule has 1 heterocycles. The van der Waals surface area contributed by atoms with Crippen LogP contribution in [0.5, 0.6) is 5.75 Å². The lowest BCUT2D eigenvalue weighted by atomic mass is 10.1. The fourth-order valence-corrected chi connectivity index (χ4v) is 2.09. The first-order chi connectivity index (χ1) is 9.83. The van der Waals surface area contributed by atoms with E-state index in [1.807, 2.05) is 48.5 Å². The average Bonchev–Trinajstić information content (AvgIpc) is 2.53. The number of aromatic nitrogens is 1. The molecular weight excluding hydrogens is 250 g/mol. The van der Waals surface area contributed by atoms with E-state index in [4.69, 9.17) is 4.74 Å². The molecule has 0 aliphatic rings. The van der Waals surface area contributed by atoms with Crippen LogP contribution in [0.25, 0.3) is 10.8 Å². The first kappa shape index (κ1) is 12.6. The Balaban J connectivity index is 1.70. The molecule has 0 radical (unpaired) electrons. The third-order valence-corrected chi connectivity index (χ3v) is 3.16. The van der Waals surface area contributed by atoms with Gasteiger partial charge in [0.2, 0.25) is 0 Å². The Morgan fingerprint density at radius 1 is 0.950 bits per heavy atom. The van der Waals surface area contributed by atoms with E-state index in [0.717, 1.165) is 11.1 Å². The quantitative estimate of drug-likeness (QED) is 0.786. The van der Waals surface area contributed by atoms with Crippen LogP contribution in [0.1, 0.15) is 11.8 Å². The maximum Gasteiger partial charge on any atom is 0.130 e. The smallest absolute Gasteiger partial charge is 0.130 e.